The maximum absolute atomic E-state index is 10.6. The average molecular weight is 252 g/mol. The fraction of sp³-hybridized carbons (Fsp3) is 0.364. The van der Waals surface area contributed by atoms with Crippen LogP contribution in [0, 0.1) is 0 Å². The van der Waals surface area contributed by atoms with Crippen LogP contribution < -0.4 is 11.1 Å². The molecule has 2 amide bonds. The van der Waals surface area contributed by atoms with Gasteiger partial charge in [-0.2, -0.15) is 11.8 Å². The minimum atomic E-state index is -0.569. The second-order valence-electron chi connectivity index (χ2n) is 3.28. The number of primary amides is 1. The molecule has 0 aliphatic heterocycles. The van der Waals surface area contributed by atoms with Crippen LogP contribution >= 0.6 is 11.8 Å². The predicted octanol–water partition coefficient (Wildman–Crippen LogP) is 1.40. The number of carbonyl (C=O) groups is 1. The Kier molecular flexibility index (Phi) is 6.09. The molecule has 6 heteroatoms. The fourth-order valence-corrected chi connectivity index (χ4v) is 2.06. The molecule has 0 aromatic carbocycles. The third-order valence-corrected chi connectivity index (χ3v) is 2.99. The average Bonchev–Trinajstić information content (AvgIpc) is 2.34. The molecule has 0 spiro atoms. The molecule has 5 nitrogen and oxygen atoms in total. The third kappa shape index (κ3) is 5.91. The number of nitrogens with zero attached hydrogens (tertiary/aromatic N) is 2. The Labute approximate surface area is 105 Å². The van der Waals surface area contributed by atoms with E-state index in [1.165, 1.54) is 0 Å². The smallest absolute Gasteiger partial charge is 0.317 e. The number of rotatable bonds is 5. The van der Waals surface area contributed by atoms with Gasteiger partial charge in [0.15, 0.2) is 0 Å². The van der Waals surface area contributed by atoms with Gasteiger partial charge in [-0.15, -0.1) is 0 Å². The second-order valence-corrected chi connectivity index (χ2v) is 4.39. The van der Waals surface area contributed by atoms with E-state index in [9.17, 15) is 4.79 Å². The Balaban J connectivity index is 2.21. The van der Waals surface area contributed by atoms with Crippen molar-refractivity contribution in [1.82, 2.24) is 10.3 Å². The van der Waals surface area contributed by atoms with Crippen LogP contribution in [0.5, 0.6) is 0 Å². The molecule has 3 N–H and O–H groups in total. The summed E-state index contributed by atoms with van der Waals surface area (Å²) in [4.78, 5) is 18.8. The minimum Gasteiger partial charge on any atom is -0.351 e. The quantitative estimate of drug-likeness (QED) is 0.472. The van der Waals surface area contributed by atoms with E-state index in [1.54, 1.807) is 25.0 Å². The summed E-state index contributed by atoms with van der Waals surface area (Å²) in [6.45, 7) is 0. The number of nitrogens with two attached hydrogens (primary N) is 1. The van der Waals surface area contributed by atoms with Gasteiger partial charge < -0.3 is 5.73 Å². The molecular weight excluding hydrogens is 236 g/mol. The van der Waals surface area contributed by atoms with Crippen LogP contribution in [-0.2, 0) is 5.75 Å². The lowest BCUT2D eigenvalue weighted by Crippen LogP contribution is -2.35. The van der Waals surface area contributed by atoms with Crippen LogP contribution in [0.1, 0.15) is 12.1 Å². The van der Waals surface area contributed by atoms with Crippen molar-refractivity contribution in [3.8, 4) is 0 Å². The largest absolute Gasteiger partial charge is 0.351 e. The van der Waals surface area contributed by atoms with Crippen LogP contribution in [0.4, 0.5) is 4.79 Å². The van der Waals surface area contributed by atoms with Crippen LogP contribution in [0.3, 0.4) is 0 Å². The van der Waals surface area contributed by atoms with E-state index in [0.717, 1.165) is 17.2 Å². The van der Waals surface area contributed by atoms with Crippen LogP contribution in [0.25, 0.3) is 0 Å². The van der Waals surface area contributed by atoms with Gasteiger partial charge in [-0.25, -0.2) is 4.79 Å². The van der Waals surface area contributed by atoms with Gasteiger partial charge in [0.2, 0.25) is 0 Å². The van der Waals surface area contributed by atoms with E-state index in [0.29, 0.717) is 12.3 Å². The first kappa shape index (κ1) is 13.5. The highest BCUT2D eigenvalue weighted by Gasteiger charge is 2.01. The van der Waals surface area contributed by atoms with Gasteiger partial charge >= 0.3 is 6.03 Å². The first-order valence-electron chi connectivity index (χ1n) is 5.22. The molecule has 0 saturated carbocycles. The Morgan fingerprint density at radius 3 is 3.00 bits per heavy atom. The summed E-state index contributed by atoms with van der Waals surface area (Å²) in [7, 11) is 1.63. The van der Waals surface area contributed by atoms with Crippen LogP contribution in [-0.4, -0.2) is 29.7 Å². The molecule has 17 heavy (non-hydrogen) atoms. The number of amides is 2. The number of urea groups is 1. The molecule has 1 aromatic rings. The third-order valence-electron chi connectivity index (χ3n) is 2.00. The van der Waals surface area contributed by atoms with Crippen molar-refractivity contribution in [2.45, 2.75) is 12.2 Å². The van der Waals surface area contributed by atoms with Crippen molar-refractivity contribution in [2.75, 3.05) is 12.8 Å². The molecule has 0 fully saturated rings. The van der Waals surface area contributed by atoms with E-state index >= 15 is 0 Å². The van der Waals surface area contributed by atoms with E-state index < -0.39 is 6.03 Å². The number of thioether (sulfide) groups is 1. The topological polar surface area (TPSA) is 80.4 Å². The molecule has 0 atom stereocenters. The Morgan fingerprint density at radius 1 is 1.59 bits per heavy atom. The zero-order valence-corrected chi connectivity index (χ0v) is 10.5. The van der Waals surface area contributed by atoms with Gasteiger partial charge in [-0.3, -0.25) is 15.3 Å². The molecule has 92 valence electrons. The molecular formula is C11H16N4OS. The first-order chi connectivity index (χ1) is 8.22. The second kappa shape index (κ2) is 7.67. The molecule has 1 aromatic heterocycles. The van der Waals surface area contributed by atoms with Crippen molar-refractivity contribution in [3.63, 3.8) is 0 Å². The first-order valence-corrected chi connectivity index (χ1v) is 6.37. The van der Waals surface area contributed by atoms with Gasteiger partial charge in [-0.1, -0.05) is 6.07 Å². The molecule has 0 radical (unpaired) electrons. The predicted molar refractivity (Wildman–Crippen MR) is 71.1 cm³/mol. The molecule has 0 saturated heterocycles. The molecule has 0 aliphatic carbocycles. The number of pyridine rings is 1. The van der Waals surface area contributed by atoms with Crippen molar-refractivity contribution in [3.05, 3.63) is 30.1 Å². The van der Waals surface area contributed by atoms with Crippen molar-refractivity contribution >= 4 is 23.6 Å². The minimum absolute atomic E-state index is 0.569. The van der Waals surface area contributed by atoms with Crippen molar-refractivity contribution in [2.24, 2.45) is 10.7 Å². The van der Waals surface area contributed by atoms with Gasteiger partial charge in [0.05, 0.1) is 5.69 Å². The molecule has 1 rings (SSSR count). The molecule has 0 bridgehead atoms. The zero-order valence-electron chi connectivity index (χ0n) is 9.72. The summed E-state index contributed by atoms with van der Waals surface area (Å²) in [6, 6.07) is 5.28. The number of amidine groups is 1. The van der Waals surface area contributed by atoms with Crippen LogP contribution in [0.15, 0.2) is 29.4 Å². The Morgan fingerprint density at radius 2 is 2.41 bits per heavy atom. The van der Waals surface area contributed by atoms with Gasteiger partial charge in [0.25, 0.3) is 0 Å². The lowest BCUT2D eigenvalue weighted by atomic mass is 10.4. The number of carbonyl (C=O) groups excluding carboxylic acids is 1. The SMILES string of the molecule is C/N=C(/CCSCc1ccccn1)NC(N)=O. The summed E-state index contributed by atoms with van der Waals surface area (Å²) >= 11 is 1.74. The summed E-state index contributed by atoms with van der Waals surface area (Å²) in [6.07, 6.45) is 2.47. The van der Waals surface area contributed by atoms with Crippen molar-refractivity contribution in [1.29, 1.82) is 0 Å². The Bertz CT molecular complexity index is 380. The number of hydrogen-bond donors (Lipinski definition) is 2. The van der Waals surface area contributed by atoms with Gasteiger partial charge in [0.1, 0.15) is 5.84 Å². The Hall–Kier alpha value is -1.56. The molecule has 0 aliphatic rings. The maximum atomic E-state index is 10.6. The number of hydrogen-bond acceptors (Lipinski definition) is 4. The number of nitrogens with one attached hydrogen (secondary N) is 1. The molecule has 0 unspecified atom stereocenters. The summed E-state index contributed by atoms with van der Waals surface area (Å²) in [5.74, 6) is 2.34. The lowest BCUT2D eigenvalue weighted by molar-refractivity contribution is 0.253. The highest BCUT2D eigenvalue weighted by atomic mass is 32.2. The normalized spacial score (nSPS) is 11.2. The summed E-state index contributed by atoms with van der Waals surface area (Å²) in [5, 5.41) is 2.49. The van der Waals surface area contributed by atoms with Gasteiger partial charge in [0, 0.05) is 31.2 Å². The van der Waals surface area contributed by atoms with E-state index in [-0.39, 0.29) is 0 Å². The van der Waals surface area contributed by atoms with Crippen molar-refractivity contribution < 1.29 is 4.79 Å². The monoisotopic (exact) mass is 252 g/mol. The molecule has 1 heterocycles. The zero-order chi connectivity index (χ0) is 12.5. The number of aromatic nitrogens is 1. The highest BCUT2D eigenvalue weighted by molar-refractivity contribution is 7.98. The fourth-order valence-electron chi connectivity index (χ4n) is 1.20. The van der Waals surface area contributed by atoms with E-state index in [4.69, 9.17) is 5.73 Å². The highest BCUT2D eigenvalue weighted by Crippen LogP contribution is 2.10. The van der Waals surface area contributed by atoms with E-state index in [2.05, 4.69) is 15.3 Å². The lowest BCUT2D eigenvalue weighted by Gasteiger charge is -2.05. The summed E-state index contributed by atoms with van der Waals surface area (Å²) in [5.41, 5.74) is 6.07. The maximum Gasteiger partial charge on any atom is 0.317 e. The standard InChI is InChI=1S/C11H16N4OS/c1-13-10(15-11(12)16)5-7-17-8-9-4-2-3-6-14-9/h2-4,6H,5,7-8H2,1H3,(H3,12,13,15,16). The number of aliphatic imine (C=N–C) groups is 1. The van der Waals surface area contributed by atoms with Gasteiger partial charge in [-0.05, 0) is 12.1 Å². The van der Waals surface area contributed by atoms with Crippen LogP contribution in [0.2, 0.25) is 0 Å². The summed E-state index contributed by atoms with van der Waals surface area (Å²) < 4.78 is 0. The van der Waals surface area contributed by atoms with E-state index in [1.807, 2.05) is 18.2 Å².